The zero-order valence-corrected chi connectivity index (χ0v) is 12.6. The van der Waals surface area contributed by atoms with Crippen molar-refractivity contribution in [2.45, 2.75) is 47.1 Å². The Labute approximate surface area is 115 Å². The lowest BCUT2D eigenvalue weighted by Crippen LogP contribution is -2.26. The first-order valence-corrected chi connectivity index (χ1v) is 6.67. The van der Waals surface area contributed by atoms with E-state index in [-0.39, 0.29) is 29.2 Å². The minimum atomic E-state index is -0.481. The number of carbonyl (C=O) groups is 2. The fraction of sp³-hybridized carbons (Fsp3) is 0.733. The van der Waals surface area contributed by atoms with Crippen LogP contribution in [0, 0.1) is 17.3 Å². The first-order valence-electron chi connectivity index (χ1n) is 6.67. The van der Waals surface area contributed by atoms with E-state index < -0.39 is 5.60 Å². The van der Waals surface area contributed by atoms with Gasteiger partial charge in [-0.3, -0.25) is 4.79 Å². The zero-order valence-electron chi connectivity index (χ0n) is 12.6. The quantitative estimate of drug-likeness (QED) is 0.581. The van der Waals surface area contributed by atoms with Gasteiger partial charge in [-0.25, -0.2) is 4.79 Å². The Bertz CT molecular complexity index is 387. The molecule has 0 unspecified atom stereocenters. The maximum absolute atomic E-state index is 12.0. The summed E-state index contributed by atoms with van der Waals surface area (Å²) in [5, 5.41) is 0. The van der Waals surface area contributed by atoms with E-state index in [2.05, 4.69) is 0 Å². The van der Waals surface area contributed by atoms with Gasteiger partial charge in [0, 0.05) is 6.08 Å². The number of rotatable bonds is 4. The maximum atomic E-state index is 12.0. The van der Waals surface area contributed by atoms with E-state index in [1.54, 1.807) is 13.0 Å². The highest BCUT2D eigenvalue weighted by molar-refractivity contribution is 5.83. The standard InChI is InChI=1S/C15H24O4/c1-7-18-11(16)9-8-10-12(15(10,5)6)13(17)19-14(2,3)4/h8-10,12H,7H2,1-6H3/b9-8-/t10-,12-/m0/s1. The molecule has 0 aliphatic heterocycles. The highest BCUT2D eigenvalue weighted by atomic mass is 16.6. The number of ether oxygens (including phenoxy) is 2. The average molecular weight is 268 g/mol. The van der Waals surface area contributed by atoms with E-state index in [0.717, 1.165) is 0 Å². The monoisotopic (exact) mass is 268 g/mol. The first-order chi connectivity index (χ1) is 8.59. The highest BCUT2D eigenvalue weighted by Crippen LogP contribution is 2.59. The molecule has 0 aromatic carbocycles. The first kappa shape index (κ1) is 15.7. The van der Waals surface area contributed by atoms with Gasteiger partial charge < -0.3 is 9.47 Å². The largest absolute Gasteiger partial charge is 0.463 e. The lowest BCUT2D eigenvalue weighted by atomic mass is 10.1. The third-order valence-corrected chi connectivity index (χ3v) is 3.30. The average Bonchev–Trinajstić information content (AvgIpc) is 2.75. The zero-order chi connectivity index (χ0) is 14.8. The van der Waals surface area contributed by atoms with E-state index >= 15 is 0 Å². The fourth-order valence-corrected chi connectivity index (χ4v) is 2.22. The lowest BCUT2D eigenvalue weighted by molar-refractivity contribution is -0.157. The molecular formula is C15H24O4. The van der Waals surface area contributed by atoms with Crippen LogP contribution in [0.25, 0.3) is 0 Å². The Morgan fingerprint density at radius 1 is 1.26 bits per heavy atom. The molecule has 108 valence electrons. The predicted molar refractivity (Wildman–Crippen MR) is 72.4 cm³/mol. The van der Waals surface area contributed by atoms with Crippen molar-refractivity contribution in [3.05, 3.63) is 12.2 Å². The number of carbonyl (C=O) groups excluding carboxylic acids is 2. The molecule has 2 atom stereocenters. The van der Waals surface area contributed by atoms with Gasteiger partial charge in [0.15, 0.2) is 0 Å². The number of esters is 2. The second kappa shape index (κ2) is 5.35. The van der Waals surface area contributed by atoms with E-state index in [1.807, 2.05) is 34.6 Å². The van der Waals surface area contributed by atoms with E-state index in [1.165, 1.54) is 6.08 Å². The molecule has 1 aliphatic carbocycles. The SMILES string of the molecule is CCOC(=O)/C=C\[C@H]1[C@@H](C(=O)OC(C)(C)C)C1(C)C. The summed E-state index contributed by atoms with van der Waals surface area (Å²) in [7, 11) is 0. The summed E-state index contributed by atoms with van der Waals surface area (Å²) in [6.45, 7) is 11.7. The fourth-order valence-electron chi connectivity index (χ4n) is 2.22. The van der Waals surface area contributed by atoms with Gasteiger partial charge in [0.05, 0.1) is 12.5 Å². The summed E-state index contributed by atoms with van der Waals surface area (Å²) >= 11 is 0. The van der Waals surface area contributed by atoms with Crippen molar-refractivity contribution in [1.29, 1.82) is 0 Å². The molecule has 0 amide bonds. The van der Waals surface area contributed by atoms with Crippen LogP contribution in [-0.4, -0.2) is 24.1 Å². The summed E-state index contributed by atoms with van der Waals surface area (Å²) in [4.78, 5) is 23.3. The van der Waals surface area contributed by atoms with Crippen LogP contribution < -0.4 is 0 Å². The summed E-state index contributed by atoms with van der Waals surface area (Å²) in [6, 6.07) is 0. The Morgan fingerprint density at radius 3 is 2.32 bits per heavy atom. The maximum Gasteiger partial charge on any atom is 0.330 e. The van der Waals surface area contributed by atoms with Crippen molar-refractivity contribution < 1.29 is 19.1 Å². The van der Waals surface area contributed by atoms with Crippen molar-refractivity contribution in [3.8, 4) is 0 Å². The van der Waals surface area contributed by atoms with Crippen LogP contribution in [0.5, 0.6) is 0 Å². The topological polar surface area (TPSA) is 52.6 Å². The van der Waals surface area contributed by atoms with E-state index in [4.69, 9.17) is 9.47 Å². The molecule has 4 heteroatoms. The second-order valence-electron chi connectivity index (χ2n) is 6.47. The summed E-state index contributed by atoms with van der Waals surface area (Å²) in [5.41, 5.74) is -0.642. The van der Waals surface area contributed by atoms with Gasteiger partial charge in [-0.15, -0.1) is 0 Å². The molecule has 1 fully saturated rings. The van der Waals surface area contributed by atoms with Crippen LogP contribution in [0.15, 0.2) is 12.2 Å². The van der Waals surface area contributed by atoms with E-state index in [9.17, 15) is 9.59 Å². The smallest absolute Gasteiger partial charge is 0.330 e. The predicted octanol–water partition coefficient (Wildman–Crippen LogP) is 2.72. The second-order valence-corrected chi connectivity index (χ2v) is 6.47. The van der Waals surface area contributed by atoms with Gasteiger partial charge in [-0.1, -0.05) is 19.9 Å². The molecule has 0 spiro atoms. The molecule has 0 saturated heterocycles. The van der Waals surface area contributed by atoms with Crippen LogP contribution in [0.1, 0.15) is 41.5 Å². The minimum absolute atomic E-state index is 0.0340. The molecular weight excluding hydrogens is 244 g/mol. The van der Waals surface area contributed by atoms with Gasteiger partial charge in [-0.2, -0.15) is 0 Å². The van der Waals surface area contributed by atoms with Crippen molar-refractivity contribution in [3.63, 3.8) is 0 Å². The molecule has 0 bridgehead atoms. The number of hydrogen-bond donors (Lipinski definition) is 0. The molecule has 0 heterocycles. The Balaban J connectivity index is 2.63. The third-order valence-electron chi connectivity index (χ3n) is 3.30. The van der Waals surface area contributed by atoms with Crippen molar-refractivity contribution in [1.82, 2.24) is 0 Å². The Morgan fingerprint density at radius 2 is 1.84 bits per heavy atom. The van der Waals surface area contributed by atoms with Crippen LogP contribution in [0.2, 0.25) is 0 Å². The summed E-state index contributed by atoms with van der Waals surface area (Å²) in [6.07, 6.45) is 3.16. The van der Waals surface area contributed by atoms with Crippen molar-refractivity contribution in [2.75, 3.05) is 6.61 Å². The summed E-state index contributed by atoms with van der Waals surface area (Å²) in [5.74, 6) is -0.715. The minimum Gasteiger partial charge on any atom is -0.463 e. The van der Waals surface area contributed by atoms with Crippen LogP contribution in [-0.2, 0) is 19.1 Å². The molecule has 4 nitrogen and oxygen atoms in total. The van der Waals surface area contributed by atoms with Crippen LogP contribution in [0.3, 0.4) is 0 Å². The summed E-state index contributed by atoms with van der Waals surface area (Å²) < 4.78 is 10.2. The highest BCUT2D eigenvalue weighted by Gasteiger charge is 2.61. The van der Waals surface area contributed by atoms with Gasteiger partial charge in [0.1, 0.15) is 5.60 Å². The van der Waals surface area contributed by atoms with Crippen molar-refractivity contribution in [2.24, 2.45) is 17.3 Å². The van der Waals surface area contributed by atoms with Gasteiger partial charge >= 0.3 is 11.9 Å². The molecule has 0 radical (unpaired) electrons. The third kappa shape index (κ3) is 4.08. The van der Waals surface area contributed by atoms with E-state index in [0.29, 0.717) is 6.61 Å². The van der Waals surface area contributed by atoms with Gasteiger partial charge in [0.2, 0.25) is 0 Å². The number of hydrogen-bond acceptors (Lipinski definition) is 4. The Kier molecular flexibility index (Phi) is 4.43. The van der Waals surface area contributed by atoms with Gasteiger partial charge in [-0.05, 0) is 39.0 Å². The molecule has 0 aromatic rings. The Hall–Kier alpha value is -1.32. The molecule has 1 aliphatic rings. The normalized spacial score (nSPS) is 25.2. The van der Waals surface area contributed by atoms with Crippen LogP contribution >= 0.6 is 0 Å². The molecule has 1 rings (SSSR count). The molecule has 1 saturated carbocycles. The lowest BCUT2D eigenvalue weighted by Gasteiger charge is -2.19. The molecule has 19 heavy (non-hydrogen) atoms. The van der Waals surface area contributed by atoms with Crippen molar-refractivity contribution >= 4 is 11.9 Å². The molecule has 0 N–H and O–H groups in total. The van der Waals surface area contributed by atoms with Gasteiger partial charge in [0.25, 0.3) is 0 Å². The number of allylic oxidation sites excluding steroid dienone is 1. The van der Waals surface area contributed by atoms with Crippen LogP contribution in [0.4, 0.5) is 0 Å². The molecule has 0 aromatic heterocycles.